The molecule has 2 aromatic carbocycles. The summed E-state index contributed by atoms with van der Waals surface area (Å²) in [6.45, 7) is 0. The zero-order chi connectivity index (χ0) is 16.6. The minimum atomic E-state index is -0.116. The van der Waals surface area contributed by atoms with Crippen LogP contribution in [0.3, 0.4) is 0 Å². The van der Waals surface area contributed by atoms with Gasteiger partial charge in [0.1, 0.15) is 11.9 Å². The van der Waals surface area contributed by atoms with Gasteiger partial charge < -0.3 is 9.47 Å². The molecule has 0 radical (unpaired) electrons. The fourth-order valence-electron chi connectivity index (χ4n) is 4.39. The molecule has 24 heavy (non-hydrogen) atoms. The van der Waals surface area contributed by atoms with Gasteiger partial charge in [-0.25, -0.2) is 0 Å². The molecule has 1 saturated heterocycles. The summed E-state index contributed by atoms with van der Waals surface area (Å²) in [6, 6.07) is 16.9. The number of carbonyl (C=O) groups is 1. The quantitative estimate of drug-likeness (QED) is 0.806. The Morgan fingerprint density at radius 3 is 2.79 bits per heavy atom. The van der Waals surface area contributed by atoms with Crippen molar-refractivity contribution in [1.82, 2.24) is 0 Å². The Hall–Kier alpha value is -2.29. The molecule has 0 aromatic heterocycles. The van der Waals surface area contributed by atoms with Crippen LogP contribution in [-0.4, -0.2) is 19.2 Å². The average molecular weight is 322 g/mol. The number of rotatable bonds is 3. The summed E-state index contributed by atoms with van der Waals surface area (Å²) in [4.78, 5) is 11.9. The number of carbonyl (C=O) groups excluding carboxylic acids is 1. The van der Waals surface area contributed by atoms with Gasteiger partial charge in [-0.2, -0.15) is 0 Å². The van der Waals surface area contributed by atoms with Crippen LogP contribution in [0.2, 0.25) is 0 Å². The van der Waals surface area contributed by atoms with E-state index in [0.717, 1.165) is 31.4 Å². The summed E-state index contributed by atoms with van der Waals surface area (Å²) in [5, 5.41) is 0. The van der Waals surface area contributed by atoms with Crippen LogP contribution in [-0.2, 0) is 27.8 Å². The third-order valence-electron chi connectivity index (χ3n) is 5.55. The lowest BCUT2D eigenvalue weighted by Crippen LogP contribution is -2.51. The Morgan fingerprint density at radius 2 is 2.00 bits per heavy atom. The van der Waals surface area contributed by atoms with Gasteiger partial charge in [0, 0.05) is 11.8 Å². The fraction of sp³-hybridized carbons (Fsp3) is 0.381. The lowest BCUT2D eigenvalue weighted by atomic mass is 9.62. The van der Waals surface area contributed by atoms with Crippen LogP contribution in [0.1, 0.15) is 36.0 Å². The molecule has 0 spiro atoms. The third kappa shape index (κ3) is 2.48. The van der Waals surface area contributed by atoms with Crippen LogP contribution in [0.25, 0.3) is 0 Å². The number of hydrogen-bond donors (Lipinski definition) is 0. The molecule has 3 nitrogen and oxygen atoms in total. The van der Waals surface area contributed by atoms with Crippen LogP contribution in [0.5, 0.6) is 5.75 Å². The molecule has 3 heteroatoms. The number of benzene rings is 2. The van der Waals surface area contributed by atoms with Gasteiger partial charge in [0.05, 0.1) is 7.11 Å². The Bertz CT molecular complexity index is 753. The Kier molecular flexibility index (Phi) is 3.79. The standard InChI is InChI=1S/C21H22O3/c1-23-17-8-9-18-16(13-17)7-10-19-21(18,12-11-20(22)24-19)14-15-5-3-2-4-6-15/h2-6,8-9,13,19H,7,10-12,14H2,1H3. The highest BCUT2D eigenvalue weighted by atomic mass is 16.5. The molecular weight excluding hydrogens is 300 g/mol. The molecule has 0 bridgehead atoms. The first-order valence-electron chi connectivity index (χ1n) is 8.62. The molecular formula is C21H22O3. The van der Waals surface area contributed by atoms with Gasteiger partial charge in [-0.05, 0) is 54.5 Å². The lowest BCUT2D eigenvalue weighted by Gasteiger charge is -2.47. The van der Waals surface area contributed by atoms with Gasteiger partial charge in [0.25, 0.3) is 0 Å². The zero-order valence-corrected chi connectivity index (χ0v) is 14.0. The molecule has 2 atom stereocenters. The van der Waals surface area contributed by atoms with Gasteiger partial charge >= 0.3 is 5.97 Å². The van der Waals surface area contributed by atoms with Crippen LogP contribution in [0, 0.1) is 0 Å². The van der Waals surface area contributed by atoms with Gasteiger partial charge in [-0.15, -0.1) is 0 Å². The summed E-state index contributed by atoms with van der Waals surface area (Å²) in [6.07, 6.45) is 4.05. The van der Waals surface area contributed by atoms with Crippen molar-refractivity contribution in [2.24, 2.45) is 0 Å². The van der Waals surface area contributed by atoms with Crippen molar-refractivity contribution in [3.05, 3.63) is 65.2 Å². The lowest BCUT2D eigenvalue weighted by molar-refractivity contribution is -0.162. The maximum absolute atomic E-state index is 11.9. The highest BCUT2D eigenvalue weighted by Gasteiger charge is 2.49. The summed E-state index contributed by atoms with van der Waals surface area (Å²) >= 11 is 0. The van der Waals surface area contributed by atoms with Crippen molar-refractivity contribution in [3.8, 4) is 5.75 Å². The minimum absolute atomic E-state index is 0.0279. The van der Waals surface area contributed by atoms with Crippen molar-refractivity contribution >= 4 is 5.97 Å². The van der Waals surface area contributed by atoms with Crippen LogP contribution >= 0.6 is 0 Å². The smallest absolute Gasteiger partial charge is 0.306 e. The van der Waals surface area contributed by atoms with E-state index in [0.29, 0.717) is 6.42 Å². The molecule has 4 rings (SSSR count). The first-order chi connectivity index (χ1) is 11.7. The van der Waals surface area contributed by atoms with Crippen molar-refractivity contribution in [3.63, 3.8) is 0 Å². The van der Waals surface area contributed by atoms with Gasteiger partial charge in [-0.3, -0.25) is 4.79 Å². The second kappa shape index (κ2) is 5.97. The number of aryl methyl sites for hydroxylation is 1. The van der Waals surface area contributed by atoms with E-state index < -0.39 is 0 Å². The molecule has 1 heterocycles. The molecule has 0 saturated carbocycles. The van der Waals surface area contributed by atoms with E-state index in [2.05, 4.69) is 36.4 Å². The van der Waals surface area contributed by atoms with E-state index in [1.165, 1.54) is 16.7 Å². The number of ether oxygens (including phenoxy) is 2. The molecule has 1 aliphatic carbocycles. The van der Waals surface area contributed by atoms with E-state index in [1.54, 1.807) is 7.11 Å². The maximum Gasteiger partial charge on any atom is 0.306 e. The van der Waals surface area contributed by atoms with Crippen LogP contribution in [0.15, 0.2) is 48.5 Å². The third-order valence-corrected chi connectivity index (χ3v) is 5.55. The maximum atomic E-state index is 11.9. The number of hydrogen-bond acceptors (Lipinski definition) is 3. The number of esters is 1. The summed E-state index contributed by atoms with van der Waals surface area (Å²) in [7, 11) is 1.70. The highest BCUT2D eigenvalue weighted by Crippen LogP contribution is 2.48. The molecule has 2 aliphatic rings. The molecule has 124 valence electrons. The van der Waals surface area contributed by atoms with Crippen molar-refractivity contribution < 1.29 is 14.3 Å². The van der Waals surface area contributed by atoms with Crippen LogP contribution in [0.4, 0.5) is 0 Å². The van der Waals surface area contributed by atoms with Crippen LogP contribution < -0.4 is 4.74 Å². The van der Waals surface area contributed by atoms with Gasteiger partial charge in [0.15, 0.2) is 0 Å². The average Bonchev–Trinajstić information content (AvgIpc) is 2.62. The second-order valence-electron chi connectivity index (χ2n) is 6.86. The minimum Gasteiger partial charge on any atom is -0.497 e. The Balaban J connectivity index is 1.80. The zero-order valence-electron chi connectivity index (χ0n) is 14.0. The van der Waals surface area contributed by atoms with Gasteiger partial charge in [0.2, 0.25) is 0 Å². The molecule has 1 fully saturated rings. The number of fused-ring (bicyclic) bond motifs is 3. The molecule has 2 aromatic rings. The summed E-state index contributed by atoms with van der Waals surface area (Å²) < 4.78 is 11.2. The predicted molar refractivity (Wildman–Crippen MR) is 92.3 cm³/mol. The van der Waals surface area contributed by atoms with Gasteiger partial charge in [-0.1, -0.05) is 36.4 Å². The second-order valence-corrected chi connectivity index (χ2v) is 6.86. The first kappa shape index (κ1) is 15.3. The predicted octanol–water partition coefficient (Wildman–Crippen LogP) is 3.83. The largest absolute Gasteiger partial charge is 0.497 e. The Labute approximate surface area is 142 Å². The topological polar surface area (TPSA) is 35.5 Å². The van der Waals surface area contributed by atoms with Crippen molar-refractivity contribution in [2.45, 2.75) is 43.6 Å². The summed E-state index contributed by atoms with van der Waals surface area (Å²) in [5.74, 6) is 0.843. The fourth-order valence-corrected chi connectivity index (χ4v) is 4.39. The highest BCUT2D eigenvalue weighted by molar-refractivity contribution is 5.71. The molecule has 0 amide bonds. The van der Waals surface area contributed by atoms with E-state index in [4.69, 9.17) is 9.47 Å². The monoisotopic (exact) mass is 322 g/mol. The van der Waals surface area contributed by atoms with E-state index in [1.807, 2.05) is 12.1 Å². The van der Waals surface area contributed by atoms with Crippen molar-refractivity contribution in [1.29, 1.82) is 0 Å². The molecule has 2 unspecified atom stereocenters. The molecule has 0 N–H and O–H groups in total. The van der Waals surface area contributed by atoms with E-state index in [9.17, 15) is 4.79 Å². The molecule has 1 aliphatic heterocycles. The summed E-state index contributed by atoms with van der Waals surface area (Å²) in [5.41, 5.74) is 3.84. The number of methoxy groups -OCH3 is 1. The Morgan fingerprint density at radius 1 is 1.17 bits per heavy atom. The van der Waals surface area contributed by atoms with E-state index in [-0.39, 0.29) is 17.5 Å². The van der Waals surface area contributed by atoms with E-state index >= 15 is 0 Å². The first-order valence-corrected chi connectivity index (χ1v) is 8.62. The SMILES string of the molecule is COc1ccc2c(c1)CCC1OC(=O)CCC21Cc1ccccc1. The van der Waals surface area contributed by atoms with Crippen molar-refractivity contribution in [2.75, 3.05) is 7.11 Å². The normalized spacial score (nSPS) is 25.4.